The molecule has 0 amide bonds. The van der Waals surface area contributed by atoms with Crippen LogP contribution in [0.25, 0.3) is 78.7 Å². The summed E-state index contributed by atoms with van der Waals surface area (Å²) in [4.78, 5) is 14.9. The maximum absolute atomic E-state index is 9.99. The van der Waals surface area contributed by atoms with Gasteiger partial charge in [-0.1, -0.05) is 212 Å². The maximum atomic E-state index is 9.99. The third kappa shape index (κ3) is 6.70. The molecule has 294 valence electrons. The van der Waals surface area contributed by atoms with E-state index in [1.165, 1.54) is 27.8 Å². The van der Waals surface area contributed by atoms with Gasteiger partial charge in [0.2, 0.25) is 0 Å². The van der Waals surface area contributed by atoms with Crippen LogP contribution in [0.3, 0.4) is 0 Å². The molecule has 0 saturated heterocycles. The second kappa shape index (κ2) is 15.8. The van der Waals surface area contributed by atoms with E-state index in [1.807, 2.05) is 42.5 Å². The molecule has 0 aliphatic heterocycles. The van der Waals surface area contributed by atoms with Crippen molar-refractivity contribution in [1.82, 2.24) is 15.0 Å². The summed E-state index contributed by atoms with van der Waals surface area (Å²) in [6.45, 7) is 0. The minimum Gasteiger partial charge on any atom is -0.208 e. The maximum Gasteiger partial charge on any atom is 0.164 e. The van der Waals surface area contributed by atoms with E-state index >= 15 is 0 Å². The summed E-state index contributed by atoms with van der Waals surface area (Å²) >= 11 is 0. The third-order valence-electron chi connectivity index (χ3n) is 12.3. The fourth-order valence-corrected chi connectivity index (χ4v) is 9.21. The first-order chi connectivity index (χ1) is 31.2. The molecule has 9 aromatic carbocycles. The van der Waals surface area contributed by atoms with Gasteiger partial charge in [0.15, 0.2) is 17.5 Å². The average molecular weight is 803 g/mol. The van der Waals surface area contributed by atoms with Crippen LogP contribution in [0.15, 0.2) is 231 Å². The van der Waals surface area contributed by atoms with E-state index in [4.69, 9.17) is 15.0 Å². The Kier molecular flexibility index (Phi) is 9.41. The van der Waals surface area contributed by atoms with Gasteiger partial charge in [-0.15, -0.1) is 0 Å². The van der Waals surface area contributed by atoms with E-state index in [1.54, 1.807) is 0 Å². The highest BCUT2D eigenvalue weighted by atomic mass is 15.0. The zero-order chi connectivity index (χ0) is 42.2. The molecule has 10 aromatic rings. The molecule has 1 aliphatic rings. The van der Waals surface area contributed by atoms with E-state index in [2.05, 4.69) is 194 Å². The number of benzene rings is 9. The summed E-state index contributed by atoms with van der Waals surface area (Å²) in [6.07, 6.45) is 0. The zero-order valence-corrected chi connectivity index (χ0v) is 34.2. The second-order valence-corrected chi connectivity index (χ2v) is 15.9. The molecular weight excluding hydrogens is 765 g/mol. The molecule has 0 bridgehead atoms. The molecule has 11 rings (SSSR count). The van der Waals surface area contributed by atoms with E-state index in [9.17, 15) is 5.26 Å². The van der Waals surface area contributed by atoms with Crippen molar-refractivity contribution in [3.05, 3.63) is 258 Å². The normalized spacial score (nSPS) is 12.2. The Morgan fingerprint density at radius 2 is 0.619 bits per heavy atom. The molecule has 1 aliphatic carbocycles. The smallest absolute Gasteiger partial charge is 0.164 e. The lowest BCUT2D eigenvalue weighted by Crippen LogP contribution is -2.28. The first-order valence-corrected chi connectivity index (χ1v) is 21.1. The Bertz CT molecular complexity index is 3250. The predicted octanol–water partition coefficient (Wildman–Crippen LogP) is 14.1. The SMILES string of the molecule is N#Cc1ccc2c(c1)-c1cc(-c3ccc(-c4ccc(-c5nc(-c6ccccc6)nc(-c6ccc(-c7ccccc7)cc6)n5)cc4)cc3)ccc1C2(c1ccccc1)c1ccccc1. The highest BCUT2D eigenvalue weighted by Gasteiger charge is 2.46. The van der Waals surface area contributed by atoms with Gasteiger partial charge in [-0.3, -0.25) is 0 Å². The molecule has 1 heterocycles. The van der Waals surface area contributed by atoms with Crippen LogP contribution >= 0.6 is 0 Å². The third-order valence-corrected chi connectivity index (χ3v) is 12.3. The quantitative estimate of drug-likeness (QED) is 0.153. The lowest BCUT2D eigenvalue weighted by molar-refractivity contribution is 0.768. The van der Waals surface area contributed by atoms with Crippen molar-refractivity contribution in [2.45, 2.75) is 5.41 Å². The average Bonchev–Trinajstić information content (AvgIpc) is 3.67. The van der Waals surface area contributed by atoms with Gasteiger partial charge in [0.05, 0.1) is 17.0 Å². The summed E-state index contributed by atoms with van der Waals surface area (Å²) in [5.74, 6) is 1.88. The topological polar surface area (TPSA) is 62.5 Å². The van der Waals surface area contributed by atoms with Gasteiger partial charge in [-0.2, -0.15) is 5.26 Å². The van der Waals surface area contributed by atoms with E-state index in [0.717, 1.165) is 55.6 Å². The van der Waals surface area contributed by atoms with Crippen LogP contribution in [0, 0.1) is 11.3 Å². The van der Waals surface area contributed by atoms with Crippen molar-refractivity contribution in [3.63, 3.8) is 0 Å². The molecule has 4 heteroatoms. The number of hydrogen-bond donors (Lipinski definition) is 0. The second-order valence-electron chi connectivity index (χ2n) is 15.9. The molecule has 4 nitrogen and oxygen atoms in total. The van der Waals surface area contributed by atoms with Gasteiger partial charge in [0.25, 0.3) is 0 Å². The Labute approximate surface area is 367 Å². The van der Waals surface area contributed by atoms with Crippen molar-refractivity contribution < 1.29 is 0 Å². The molecule has 0 spiro atoms. The highest BCUT2D eigenvalue weighted by molar-refractivity contribution is 5.89. The first kappa shape index (κ1) is 37.5. The summed E-state index contributed by atoms with van der Waals surface area (Å²) < 4.78 is 0. The zero-order valence-electron chi connectivity index (χ0n) is 34.2. The van der Waals surface area contributed by atoms with Gasteiger partial charge < -0.3 is 0 Å². The van der Waals surface area contributed by atoms with Crippen LogP contribution in [0.2, 0.25) is 0 Å². The van der Waals surface area contributed by atoms with Crippen LogP contribution < -0.4 is 0 Å². The van der Waals surface area contributed by atoms with E-state index < -0.39 is 5.41 Å². The van der Waals surface area contributed by atoms with Crippen molar-refractivity contribution in [3.8, 4) is 84.7 Å². The molecule has 0 unspecified atom stereocenters. The molecule has 0 saturated carbocycles. The number of nitriles is 1. The molecular formula is C59H38N4. The lowest BCUT2D eigenvalue weighted by atomic mass is 9.67. The van der Waals surface area contributed by atoms with E-state index in [-0.39, 0.29) is 0 Å². The lowest BCUT2D eigenvalue weighted by Gasteiger charge is -2.33. The van der Waals surface area contributed by atoms with Crippen molar-refractivity contribution in [2.75, 3.05) is 0 Å². The minimum absolute atomic E-state index is 0.518. The molecule has 0 radical (unpaired) electrons. The van der Waals surface area contributed by atoms with Crippen LogP contribution in [0.4, 0.5) is 0 Å². The van der Waals surface area contributed by atoms with Crippen molar-refractivity contribution in [2.24, 2.45) is 0 Å². The highest BCUT2D eigenvalue weighted by Crippen LogP contribution is 2.57. The standard InChI is InChI=1S/C59H38N4/c60-39-40-21-35-54-52(37-40)53-38-49(34-36-55(53)59(54,50-17-9-3-10-18-50)51-19-11-4-12-20-51)45-24-22-43(23-25-45)44-28-32-48(33-29-44)58-62-56(46-15-7-2-8-16-46)61-57(63-58)47-30-26-42(27-31-47)41-13-5-1-6-14-41/h1-38H. The number of hydrogen-bond acceptors (Lipinski definition) is 4. The van der Waals surface area contributed by atoms with Gasteiger partial charge >= 0.3 is 0 Å². The van der Waals surface area contributed by atoms with Crippen molar-refractivity contribution >= 4 is 0 Å². The Balaban J connectivity index is 0.920. The molecule has 0 fully saturated rings. The summed E-state index contributed by atoms with van der Waals surface area (Å²) in [7, 11) is 0. The Hall–Kier alpha value is -8.52. The van der Waals surface area contributed by atoms with Gasteiger partial charge in [-0.05, 0) is 85.0 Å². The summed E-state index contributed by atoms with van der Waals surface area (Å²) in [5, 5.41) is 9.99. The van der Waals surface area contributed by atoms with Gasteiger partial charge in [0, 0.05) is 16.7 Å². The number of nitrogens with zero attached hydrogens (tertiary/aromatic N) is 4. The number of aromatic nitrogens is 3. The molecule has 63 heavy (non-hydrogen) atoms. The van der Waals surface area contributed by atoms with Crippen LogP contribution in [0.5, 0.6) is 0 Å². The van der Waals surface area contributed by atoms with Crippen LogP contribution in [-0.2, 0) is 5.41 Å². The molecule has 0 N–H and O–H groups in total. The first-order valence-electron chi connectivity index (χ1n) is 21.1. The number of rotatable bonds is 8. The summed E-state index contributed by atoms with van der Waals surface area (Å²) in [6, 6.07) is 82.9. The van der Waals surface area contributed by atoms with Crippen LogP contribution in [-0.4, -0.2) is 15.0 Å². The fraction of sp³-hybridized carbons (Fsp3) is 0.0169. The van der Waals surface area contributed by atoms with Crippen molar-refractivity contribution in [1.29, 1.82) is 5.26 Å². The van der Waals surface area contributed by atoms with Crippen LogP contribution in [0.1, 0.15) is 27.8 Å². The van der Waals surface area contributed by atoms with E-state index in [0.29, 0.717) is 23.0 Å². The largest absolute Gasteiger partial charge is 0.208 e. The Morgan fingerprint density at radius 3 is 1.06 bits per heavy atom. The molecule has 0 atom stereocenters. The fourth-order valence-electron chi connectivity index (χ4n) is 9.21. The monoisotopic (exact) mass is 802 g/mol. The molecule has 1 aromatic heterocycles. The number of fused-ring (bicyclic) bond motifs is 3. The predicted molar refractivity (Wildman–Crippen MR) is 254 cm³/mol. The summed E-state index contributed by atoms with van der Waals surface area (Å²) in [5.41, 5.74) is 16.7. The van der Waals surface area contributed by atoms with Gasteiger partial charge in [0.1, 0.15) is 0 Å². The Morgan fingerprint density at radius 1 is 0.302 bits per heavy atom. The van der Waals surface area contributed by atoms with Gasteiger partial charge in [-0.25, -0.2) is 15.0 Å². The minimum atomic E-state index is -0.518.